The molecule has 18 heavy (non-hydrogen) atoms. The molecule has 0 aromatic carbocycles. The van der Waals surface area contributed by atoms with E-state index in [9.17, 15) is 8.42 Å². The van der Waals surface area contributed by atoms with E-state index in [0.29, 0.717) is 19.6 Å². The van der Waals surface area contributed by atoms with E-state index in [1.807, 2.05) is 6.92 Å². The number of aryl methyl sites for hydroxylation is 1. The Kier molecular flexibility index (Phi) is 6.31. The topological polar surface area (TPSA) is 90.0 Å². The maximum absolute atomic E-state index is 11.8. The van der Waals surface area contributed by atoms with Crippen molar-refractivity contribution in [3.8, 4) is 0 Å². The largest absolute Gasteiger partial charge is 0.336 e. The molecule has 3 N–H and O–H groups in total. The lowest BCUT2D eigenvalue weighted by Crippen LogP contribution is -2.25. The quantitative estimate of drug-likeness (QED) is 0.649. The van der Waals surface area contributed by atoms with Gasteiger partial charge in [0.15, 0.2) is 5.03 Å². The first-order chi connectivity index (χ1) is 8.60. The van der Waals surface area contributed by atoms with Gasteiger partial charge in [0, 0.05) is 19.3 Å². The average Bonchev–Trinajstić information content (AvgIpc) is 2.83. The molecule has 1 heterocycles. The Bertz CT molecular complexity index is 442. The molecule has 7 heteroatoms. The summed E-state index contributed by atoms with van der Waals surface area (Å²) in [6, 6.07) is 0. The summed E-state index contributed by atoms with van der Waals surface area (Å²) in [5.41, 5.74) is 5.38. The number of rotatable bonds is 9. The molecular weight excluding hydrogens is 252 g/mol. The predicted octanol–water partition coefficient (Wildman–Crippen LogP) is 0.700. The van der Waals surface area contributed by atoms with E-state index in [1.54, 1.807) is 4.57 Å². The number of hydrogen-bond acceptors (Lipinski definition) is 4. The van der Waals surface area contributed by atoms with Gasteiger partial charge in [0.2, 0.25) is 0 Å². The molecule has 6 nitrogen and oxygen atoms in total. The van der Waals surface area contributed by atoms with Crippen molar-refractivity contribution in [2.75, 3.05) is 13.1 Å². The van der Waals surface area contributed by atoms with E-state index in [2.05, 4.69) is 9.71 Å². The third-order valence-electron chi connectivity index (χ3n) is 2.67. The molecule has 1 rings (SSSR count). The van der Waals surface area contributed by atoms with Crippen LogP contribution in [0.2, 0.25) is 0 Å². The molecule has 1 aromatic heterocycles. The van der Waals surface area contributed by atoms with Crippen molar-refractivity contribution in [2.45, 2.75) is 44.2 Å². The number of nitrogens with zero attached hydrogens (tertiary/aromatic N) is 2. The van der Waals surface area contributed by atoms with Gasteiger partial charge < -0.3 is 10.3 Å². The van der Waals surface area contributed by atoms with Gasteiger partial charge in [-0.2, -0.15) is 0 Å². The Morgan fingerprint density at radius 1 is 1.33 bits per heavy atom. The third-order valence-corrected chi connectivity index (χ3v) is 4.02. The Labute approximate surface area is 109 Å². The Balaban J connectivity index is 2.36. The maximum Gasteiger partial charge on any atom is 0.259 e. The van der Waals surface area contributed by atoms with Crippen LogP contribution in [-0.4, -0.2) is 31.1 Å². The standard InChI is InChI=1S/C11H22N4O2S/c1-2-15-9-11(13-10-15)18(16,17)14-8-6-4-3-5-7-12/h9-10,14H,2-8,12H2,1H3. The van der Waals surface area contributed by atoms with E-state index < -0.39 is 10.0 Å². The molecule has 0 bridgehead atoms. The number of unbranched alkanes of at least 4 members (excludes halogenated alkanes) is 3. The number of aromatic nitrogens is 2. The second-order valence-electron chi connectivity index (χ2n) is 4.14. The van der Waals surface area contributed by atoms with Crippen LogP contribution in [0.25, 0.3) is 0 Å². The van der Waals surface area contributed by atoms with Gasteiger partial charge in [-0.05, 0) is 26.3 Å². The van der Waals surface area contributed by atoms with Crippen LogP contribution in [0.1, 0.15) is 32.6 Å². The summed E-state index contributed by atoms with van der Waals surface area (Å²) < 4.78 is 28.0. The fourth-order valence-corrected chi connectivity index (χ4v) is 2.58. The first kappa shape index (κ1) is 15.1. The lowest BCUT2D eigenvalue weighted by Gasteiger charge is -2.03. The van der Waals surface area contributed by atoms with Gasteiger partial charge in [-0.1, -0.05) is 12.8 Å². The van der Waals surface area contributed by atoms with Crippen LogP contribution >= 0.6 is 0 Å². The van der Waals surface area contributed by atoms with Crippen LogP contribution < -0.4 is 10.5 Å². The number of nitrogens with one attached hydrogen (secondary N) is 1. The predicted molar refractivity (Wildman–Crippen MR) is 70.6 cm³/mol. The molecule has 0 amide bonds. The molecule has 104 valence electrons. The summed E-state index contributed by atoms with van der Waals surface area (Å²) in [6.45, 7) is 3.79. The highest BCUT2D eigenvalue weighted by molar-refractivity contribution is 7.89. The molecule has 0 saturated heterocycles. The molecular formula is C11H22N4O2S. The lowest BCUT2D eigenvalue weighted by molar-refractivity contribution is 0.569. The number of hydrogen-bond donors (Lipinski definition) is 2. The highest BCUT2D eigenvalue weighted by Gasteiger charge is 2.15. The van der Waals surface area contributed by atoms with Gasteiger partial charge in [0.25, 0.3) is 10.0 Å². The summed E-state index contributed by atoms with van der Waals surface area (Å²) in [5, 5.41) is 0.0892. The second-order valence-corrected chi connectivity index (χ2v) is 5.86. The zero-order chi connectivity index (χ0) is 13.4. The normalized spacial score (nSPS) is 11.9. The van der Waals surface area contributed by atoms with Gasteiger partial charge in [-0.25, -0.2) is 18.1 Å². The van der Waals surface area contributed by atoms with Crippen molar-refractivity contribution in [1.82, 2.24) is 14.3 Å². The fourth-order valence-electron chi connectivity index (χ4n) is 1.55. The van der Waals surface area contributed by atoms with Crippen LogP contribution in [0, 0.1) is 0 Å². The molecule has 0 aliphatic rings. The zero-order valence-electron chi connectivity index (χ0n) is 10.8. The minimum absolute atomic E-state index is 0.0892. The van der Waals surface area contributed by atoms with E-state index >= 15 is 0 Å². The minimum atomic E-state index is -3.45. The van der Waals surface area contributed by atoms with Crippen LogP contribution in [-0.2, 0) is 16.6 Å². The number of imidazole rings is 1. The van der Waals surface area contributed by atoms with E-state index in [-0.39, 0.29) is 5.03 Å². The molecule has 0 aliphatic carbocycles. The minimum Gasteiger partial charge on any atom is -0.336 e. The fraction of sp³-hybridized carbons (Fsp3) is 0.727. The second kappa shape index (κ2) is 7.50. The number of nitrogens with two attached hydrogens (primary N) is 1. The van der Waals surface area contributed by atoms with Crippen LogP contribution in [0.4, 0.5) is 0 Å². The molecule has 0 fully saturated rings. The van der Waals surface area contributed by atoms with Crippen LogP contribution in [0.5, 0.6) is 0 Å². The van der Waals surface area contributed by atoms with Gasteiger partial charge >= 0.3 is 0 Å². The molecule has 1 aromatic rings. The van der Waals surface area contributed by atoms with Gasteiger partial charge in [0.1, 0.15) is 0 Å². The third kappa shape index (κ3) is 4.75. The van der Waals surface area contributed by atoms with Gasteiger partial charge in [-0.3, -0.25) is 0 Å². The SMILES string of the molecule is CCn1cnc(S(=O)(=O)NCCCCCCN)c1. The zero-order valence-corrected chi connectivity index (χ0v) is 11.6. The molecule has 0 radical (unpaired) electrons. The van der Waals surface area contributed by atoms with Crippen molar-refractivity contribution < 1.29 is 8.42 Å². The van der Waals surface area contributed by atoms with Gasteiger partial charge in [0.05, 0.1) is 6.33 Å². The summed E-state index contributed by atoms with van der Waals surface area (Å²) in [5.74, 6) is 0. The Hall–Kier alpha value is -0.920. The summed E-state index contributed by atoms with van der Waals surface area (Å²) in [4.78, 5) is 3.88. The first-order valence-electron chi connectivity index (χ1n) is 6.31. The van der Waals surface area contributed by atoms with E-state index in [4.69, 9.17) is 5.73 Å². The lowest BCUT2D eigenvalue weighted by atomic mass is 10.2. The monoisotopic (exact) mass is 274 g/mol. The molecule has 0 aliphatic heterocycles. The Morgan fingerprint density at radius 2 is 2.06 bits per heavy atom. The molecule has 0 unspecified atom stereocenters. The van der Waals surface area contributed by atoms with Crippen molar-refractivity contribution in [3.63, 3.8) is 0 Å². The van der Waals surface area contributed by atoms with E-state index in [0.717, 1.165) is 25.7 Å². The molecule has 0 saturated carbocycles. The smallest absolute Gasteiger partial charge is 0.259 e. The summed E-state index contributed by atoms with van der Waals surface area (Å²) >= 11 is 0. The Morgan fingerprint density at radius 3 is 2.67 bits per heavy atom. The molecule has 0 atom stereocenters. The van der Waals surface area contributed by atoms with Crippen molar-refractivity contribution in [1.29, 1.82) is 0 Å². The number of sulfonamides is 1. The first-order valence-corrected chi connectivity index (χ1v) is 7.80. The van der Waals surface area contributed by atoms with Crippen molar-refractivity contribution in [3.05, 3.63) is 12.5 Å². The van der Waals surface area contributed by atoms with Crippen molar-refractivity contribution >= 4 is 10.0 Å². The average molecular weight is 274 g/mol. The van der Waals surface area contributed by atoms with E-state index in [1.165, 1.54) is 12.5 Å². The highest BCUT2D eigenvalue weighted by atomic mass is 32.2. The summed E-state index contributed by atoms with van der Waals surface area (Å²) in [7, 11) is -3.45. The summed E-state index contributed by atoms with van der Waals surface area (Å²) in [6.07, 6.45) is 6.92. The van der Waals surface area contributed by atoms with Gasteiger partial charge in [-0.15, -0.1) is 0 Å². The van der Waals surface area contributed by atoms with Crippen LogP contribution in [0.15, 0.2) is 17.6 Å². The van der Waals surface area contributed by atoms with Crippen LogP contribution in [0.3, 0.4) is 0 Å². The van der Waals surface area contributed by atoms with Crippen molar-refractivity contribution in [2.24, 2.45) is 5.73 Å². The molecule has 0 spiro atoms. The maximum atomic E-state index is 11.8. The highest BCUT2D eigenvalue weighted by Crippen LogP contribution is 2.05.